The number of carbonyl (C=O) groups is 1. The Labute approximate surface area is 81.7 Å². The predicted octanol–water partition coefficient (Wildman–Crippen LogP) is 2.60. The quantitative estimate of drug-likeness (QED) is 0.580. The molecule has 0 aromatic heterocycles. The number of ketones is 1. The van der Waals surface area contributed by atoms with Gasteiger partial charge >= 0.3 is 0 Å². The van der Waals surface area contributed by atoms with Crippen molar-refractivity contribution in [2.75, 3.05) is 0 Å². The fourth-order valence-corrected chi connectivity index (χ4v) is 1.17. The van der Waals surface area contributed by atoms with Gasteiger partial charge in [-0.2, -0.15) is 0 Å². The number of halogens is 1. The summed E-state index contributed by atoms with van der Waals surface area (Å²) in [5.41, 5.74) is 0.421. The predicted molar refractivity (Wildman–Crippen MR) is 51.9 cm³/mol. The van der Waals surface area contributed by atoms with E-state index in [-0.39, 0.29) is 22.4 Å². The third kappa shape index (κ3) is 1.66. The zero-order chi connectivity index (χ0) is 10.9. The van der Waals surface area contributed by atoms with Crippen LogP contribution in [0.25, 0.3) is 0 Å². The second-order valence-corrected chi connectivity index (χ2v) is 3.18. The molecule has 2 nitrogen and oxygen atoms in total. The Kier molecular flexibility index (Phi) is 2.70. The van der Waals surface area contributed by atoms with Crippen LogP contribution in [0.3, 0.4) is 0 Å². The summed E-state index contributed by atoms with van der Waals surface area (Å²) in [5.74, 6) is -1.15. The number of phenolic OH excluding ortho intramolecular Hbond substituents is 1. The average molecular weight is 194 g/mol. The molecule has 0 atom stereocenters. The van der Waals surface area contributed by atoms with Crippen LogP contribution in [0.15, 0.2) is 24.3 Å². The normalized spacial score (nSPS) is 9.93. The molecule has 3 heteroatoms. The zero-order valence-corrected chi connectivity index (χ0v) is 8.10. The summed E-state index contributed by atoms with van der Waals surface area (Å²) in [6.45, 7) is 6.43. The van der Waals surface area contributed by atoms with E-state index in [1.54, 1.807) is 0 Å². The minimum Gasteiger partial charge on any atom is -0.507 e. The lowest BCUT2D eigenvalue weighted by Gasteiger charge is -2.07. The standard InChI is InChI=1S/C11H11FO2/c1-6(2)11(14)10-7(3)8(12)4-5-9(10)13/h4-5,13H,1H2,2-3H3. The zero-order valence-electron chi connectivity index (χ0n) is 8.10. The van der Waals surface area contributed by atoms with Crippen LogP contribution in [-0.2, 0) is 0 Å². The highest BCUT2D eigenvalue weighted by atomic mass is 19.1. The Morgan fingerprint density at radius 1 is 1.50 bits per heavy atom. The Morgan fingerprint density at radius 2 is 2.07 bits per heavy atom. The molecule has 1 rings (SSSR count). The molecule has 0 fully saturated rings. The largest absolute Gasteiger partial charge is 0.507 e. The highest BCUT2D eigenvalue weighted by Gasteiger charge is 2.17. The lowest BCUT2D eigenvalue weighted by Crippen LogP contribution is -2.04. The van der Waals surface area contributed by atoms with E-state index in [2.05, 4.69) is 6.58 Å². The number of phenols is 1. The van der Waals surface area contributed by atoms with Crippen molar-refractivity contribution < 1.29 is 14.3 Å². The number of rotatable bonds is 2. The first-order chi connectivity index (χ1) is 6.45. The Hall–Kier alpha value is -1.64. The van der Waals surface area contributed by atoms with Crippen molar-refractivity contribution in [1.29, 1.82) is 0 Å². The summed E-state index contributed by atoms with van der Waals surface area (Å²) in [6.07, 6.45) is 0. The van der Waals surface area contributed by atoms with Gasteiger partial charge in [0.05, 0.1) is 5.56 Å². The van der Waals surface area contributed by atoms with Crippen LogP contribution in [0, 0.1) is 12.7 Å². The van der Waals surface area contributed by atoms with Crippen LogP contribution in [0.4, 0.5) is 4.39 Å². The first kappa shape index (κ1) is 10.4. The molecule has 0 saturated carbocycles. The van der Waals surface area contributed by atoms with Crippen molar-refractivity contribution in [3.05, 3.63) is 41.2 Å². The van der Waals surface area contributed by atoms with E-state index in [9.17, 15) is 14.3 Å². The van der Waals surface area contributed by atoms with E-state index in [1.165, 1.54) is 19.9 Å². The monoisotopic (exact) mass is 194 g/mol. The molecule has 0 unspecified atom stereocenters. The average Bonchev–Trinajstić information content (AvgIpc) is 2.12. The second kappa shape index (κ2) is 3.62. The molecule has 0 radical (unpaired) electrons. The molecule has 14 heavy (non-hydrogen) atoms. The minimum absolute atomic E-state index is 0.00231. The second-order valence-electron chi connectivity index (χ2n) is 3.18. The molecule has 0 spiro atoms. The number of carbonyl (C=O) groups excluding carboxylic acids is 1. The number of allylic oxidation sites excluding steroid dienone is 1. The molecule has 1 N–H and O–H groups in total. The van der Waals surface area contributed by atoms with Crippen molar-refractivity contribution >= 4 is 5.78 Å². The van der Waals surface area contributed by atoms with Crippen molar-refractivity contribution in [2.45, 2.75) is 13.8 Å². The third-order valence-corrected chi connectivity index (χ3v) is 1.99. The van der Waals surface area contributed by atoms with Crippen LogP contribution in [0.5, 0.6) is 5.75 Å². The van der Waals surface area contributed by atoms with Gasteiger partial charge in [-0.25, -0.2) is 4.39 Å². The number of hydrogen-bond donors (Lipinski definition) is 1. The highest BCUT2D eigenvalue weighted by molar-refractivity contribution is 6.10. The maximum Gasteiger partial charge on any atom is 0.192 e. The van der Waals surface area contributed by atoms with E-state index < -0.39 is 11.6 Å². The van der Waals surface area contributed by atoms with E-state index in [0.29, 0.717) is 0 Å². The first-order valence-electron chi connectivity index (χ1n) is 4.13. The van der Waals surface area contributed by atoms with E-state index in [0.717, 1.165) is 6.07 Å². The maximum absolute atomic E-state index is 13.1. The molecule has 0 heterocycles. The summed E-state index contributed by atoms with van der Waals surface area (Å²) >= 11 is 0. The molecule has 0 aliphatic carbocycles. The van der Waals surface area contributed by atoms with Gasteiger partial charge in [0.25, 0.3) is 0 Å². The van der Waals surface area contributed by atoms with Crippen molar-refractivity contribution in [3.63, 3.8) is 0 Å². The van der Waals surface area contributed by atoms with Gasteiger partial charge in [-0.3, -0.25) is 4.79 Å². The number of Topliss-reactive ketones (excluding diaryl/α,β-unsaturated/α-hetero) is 1. The van der Waals surface area contributed by atoms with E-state index in [1.807, 2.05) is 0 Å². The number of hydrogen-bond acceptors (Lipinski definition) is 2. The summed E-state index contributed by atoms with van der Waals surface area (Å²) < 4.78 is 13.1. The molecule has 0 aliphatic heterocycles. The lowest BCUT2D eigenvalue weighted by molar-refractivity contribution is 0.103. The smallest absolute Gasteiger partial charge is 0.192 e. The van der Waals surface area contributed by atoms with Gasteiger partial charge < -0.3 is 5.11 Å². The van der Waals surface area contributed by atoms with Gasteiger partial charge in [0.15, 0.2) is 5.78 Å². The Bertz CT molecular complexity index is 408. The van der Waals surface area contributed by atoms with Gasteiger partial charge in [-0.1, -0.05) is 6.58 Å². The summed E-state index contributed by atoms with van der Waals surface area (Å²) in [6, 6.07) is 2.29. The topological polar surface area (TPSA) is 37.3 Å². The summed E-state index contributed by atoms with van der Waals surface area (Å²) in [5, 5.41) is 9.41. The van der Waals surface area contributed by atoms with Crippen molar-refractivity contribution in [3.8, 4) is 5.75 Å². The molecule has 0 aliphatic rings. The molecule has 0 bridgehead atoms. The van der Waals surface area contributed by atoms with Crippen molar-refractivity contribution in [1.82, 2.24) is 0 Å². The SMILES string of the molecule is C=C(C)C(=O)c1c(O)ccc(F)c1C. The van der Waals surface area contributed by atoms with Crippen LogP contribution in [0.1, 0.15) is 22.8 Å². The molecule has 1 aromatic rings. The number of aromatic hydroxyl groups is 1. The van der Waals surface area contributed by atoms with Gasteiger partial charge in [-0.05, 0) is 37.1 Å². The van der Waals surface area contributed by atoms with Gasteiger partial charge in [-0.15, -0.1) is 0 Å². The van der Waals surface area contributed by atoms with Gasteiger partial charge in [0.2, 0.25) is 0 Å². The lowest BCUT2D eigenvalue weighted by atomic mass is 9.99. The van der Waals surface area contributed by atoms with Crippen LogP contribution < -0.4 is 0 Å². The summed E-state index contributed by atoms with van der Waals surface area (Å²) in [7, 11) is 0. The van der Waals surface area contributed by atoms with Gasteiger partial charge in [0, 0.05) is 0 Å². The van der Waals surface area contributed by atoms with Crippen LogP contribution in [0.2, 0.25) is 0 Å². The fraction of sp³-hybridized carbons (Fsp3) is 0.182. The van der Waals surface area contributed by atoms with E-state index in [4.69, 9.17) is 0 Å². The maximum atomic E-state index is 13.1. The molecule has 0 saturated heterocycles. The van der Waals surface area contributed by atoms with Crippen molar-refractivity contribution in [2.24, 2.45) is 0 Å². The van der Waals surface area contributed by atoms with E-state index >= 15 is 0 Å². The van der Waals surface area contributed by atoms with Gasteiger partial charge in [0.1, 0.15) is 11.6 Å². The van der Waals surface area contributed by atoms with Crippen LogP contribution >= 0.6 is 0 Å². The third-order valence-electron chi connectivity index (χ3n) is 1.99. The molecular weight excluding hydrogens is 183 g/mol. The highest BCUT2D eigenvalue weighted by Crippen LogP contribution is 2.25. The Morgan fingerprint density at radius 3 is 2.57 bits per heavy atom. The molecule has 0 amide bonds. The molecule has 74 valence electrons. The number of benzene rings is 1. The van der Waals surface area contributed by atoms with Crippen LogP contribution in [-0.4, -0.2) is 10.9 Å². The molecule has 1 aromatic carbocycles. The first-order valence-corrected chi connectivity index (χ1v) is 4.13. The Balaban J connectivity index is 3.40. The fourth-order valence-electron chi connectivity index (χ4n) is 1.17. The summed E-state index contributed by atoms with van der Waals surface area (Å²) in [4.78, 5) is 11.5. The minimum atomic E-state index is -0.507. The molecular formula is C11H11FO2.